The monoisotopic (exact) mass is 263 g/mol. The molecule has 0 atom stereocenters. The predicted octanol–water partition coefficient (Wildman–Crippen LogP) is 3.16. The van der Waals surface area contributed by atoms with Gasteiger partial charge in [0.2, 0.25) is 0 Å². The zero-order chi connectivity index (χ0) is 14.3. The molecule has 0 saturated heterocycles. The van der Waals surface area contributed by atoms with Crippen LogP contribution in [0.3, 0.4) is 0 Å². The quantitative estimate of drug-likeness (QED) is 0.822. The molecule has 19 heavy (non-hydrogen) atoms. The third-order valence-corrected chi connectivity index (χ3v) is 3.39. The summed E-state index contributed by atoms with van der Waals surface area (Å²) >= 11 is 0. The number of hydrogen-bond donors (Lipinski definition) is 1. The molecule has 1 rings (SSSR count). The van der Waals surface area contributed by atoms with Gasteiger partial charge in [0.05, 0.1) is 5.56 Å². The largest absolute Gasteiger partial charge is 0.369 e. The van der Waals surface area contributed by atoms with Crippen LogP contribution in [0.4, 0.5) is 5.82 Å². The zero-order valence-electron chi connectivity index (χ0n) is 12.4. The van der Waals surface area contributed by atoms with E-state index >= 15 is 0 Å². The van der Waals surface area contributed by atoms with Gasteiger partial charge in [0.1, 0.15) is 5.82 Å². The molecule has 4 nitrogen and oxygen atoms in total. The number of hydrogen-bond acceptors (Lipinski definition) is 3. The molecular weight excluding hydrogens is 238 g/mol. The van der Waals surface area contributed by atoms with Crippen LogP contribution < -0.4 is 5.32 Å². The van der Waals surface area contributed by atoms with E-state index in [1.165, 1.54) is 0 Å². The highest BCUT2D eigenvalue weighted by Gasteiger charge is 2.21. The van der Waals surface area contributed by atoms with Gasteiger partial charge >= 0.3 is 0 Å². The Bertz CT molecular complexity index is 402. The van der Waals surface area contributed by atoms with Crippen LogP contribution in [0.1, 0.15) is 50.4 Å². The molecule has 1 N–H and O–H groups in total. The summed E-state index contributed by atoms with van der Waals surface area (Å²) in [6.45, 7) is 7.13. The third kappa shape index (κ3) is 3.94. The Balaban J connectivity index is 2.92. The van der Waals surface area contributed by atoms with Crippen molar-refractivity contribution >= 4 is 11.7 Å². The van der Waals surface area contributed by atoms with Crippen LogP contribution in [-0.4, -0.2) is 35.4 Å². The normalized spacial score (nSPS) is 10.6. The van der Waals surface area contributed by atoms with Crippen LogP contribution in [0.25, 0.3) is 0 Å². The molecule has 106 valence electrons. The summed E-state index contributed by atoms with van der Waals surface area (Å²) in [6, 6.07) is 3.93. The molecule has 0 aromatic carbocycles. The van der Waals surface area contributed by atoms with Crippen molar-refractivity contribution < 1.29 is 4.79 Å². The Morgan fingerprint density at radius 3 is 2.63 bits per heavy atom. The van der Waals surface area contributed by atoms with E-state index < -0.39 is 0 Å². The number of nitrogens with one attached hydrogen (secondary N) is 1. The lowest BCUT2D eigenvalue weighted by molar-refractivity contribution is 0.0724. The van der Waals surface area contributed by atoms with Crippen molar-refractivity contribution in [3.63, 3.8) is 0 Å². The molecule has 0 spiro atoms. The van der Waals surface area contributed by atoms with Gasteiger partial charge in [-0.1, -0.05) is 20.8 Å². The molecule has 1 aromatic rings. The Kier molecular flexibility index (Phi) is 6.33. The molecule has 1 amide bonds. The maximum absolute atomic E-state index is 12.5. The summed E-state index contributed by atoms with van der Waals surface area (Å²) in [5.74, 6) is 0.729. The number of carbonyl (C=O) groups is 1. The van der Waals surface area contributed by atoms with Crippen molar-refractivity contribution in [2.75, 3.05) is 18.9 Å². The molecule has 0 aliphatic heterocycles. The lowest BCUT2D eigenvalue weighted by atomic mass is 10.1. The van der Waals surface area contributed by atoms with Crippen molar-refractivity contribution in [1.29, 1.82) is 0 Å². The predicted molar refractivity (Wildman–Crippen MR) is 79.5 cm³/mol. The highest BCUT2D eigenvalue weighted by Crippen LogP contribution is 2.17. The van der Waals surface area contributed by atoms with Crippen molar-refractivity contribution in [3.8, 4) is 0 Å². The van der Waals surface area contributed by atoms with Gasteiger partial charge in [-0.05, 0) is 31.4 Å². The first kappa shape index (κ1) is 15.5. The molecule has 4 heteroatoms. The molecular formula is C15H25N3O. The molecule has 0 fully saturated rings. The van der Waals surface area contributed by atoms with Gasteiger partial charge in [-0.15, -0.1) is 0 Å². The summed E-state index contributed by atoms with van der Waals surface area (Å²) in [6.07, 6.45) is 4.66. The van der Waals surface area contributed by atoms with Gasteiger partial charge in [-0.3, -0.25) is 4.79 Å². The van der Waals surface area contributed by atoms with Gasteiger partial charge < -0.3 is 10.2 Å². The molecule has 0 aliphatic rings. The van der Waals surface area contributed by atoms with Crippen LogP contribution in [0.2, 0.25) is 0 Å². The van der Waals surface area contributed by atoms with Crippen molar-refractivity contribution in [1.82, 2.24) is 9.88 Å². The fourth-order valence-corrected chi connectivity index (χ4v) is 2.15. The highest BCUT2D eigenvalue weighted by atomic mass is 16.2. The second-order valence-electron chi connectivity index (χ2n) is 4.71. The summed E-state index contributed by atoms with van der Waals surface area (Å²) in [5.41, 5.74) is 0.658. The van der Waals surface area contributed by atoms with Crippen LogP contribution in [0, 0.1) is 0 Å². The summed E-state index contributed by atoms with van der Waals surface area (Å²) in [4.78, 5) is 18.6. The van der Waals surface area contributed by atoms with E-state index in [-0.39, 0.29) is 11.9 Å². The Morgan fingerprint density at radius 1 is 1.37 bits per heavy atom. The van der Waals surface area contributed by atoms with Crippen LogP contribution in [0.15, 0.2) is 18.3 Å². The molecule has 1 aromatic heterocycles. The number of amides is 1. The summed E-state index contributed by atoms with van der Waals surface area (Å²) in [7, 11) is 1.87. The van der Waals surface area contributed by atoms with Gasteiger partial charge in [0.15, 0.2) is 0 Å². The maximum Gasteiger partial charge on any atom is 0.257 e. The van der Waals surface area contributed by atoms with Gasteiger partial charge in [-0.25, -0.2) is 4.98 Å². The van der Waals surface area contributed by atoms with E-state index in [2.05, 4.69) is 31.1 Å². The summed E-state index contributed by atoms with van der Waals surface area (Å²) in [5, 5.41) is 3.22. The van der Waals surface area contributed by atoms with Crippen molar-refractivity contribution in [3.05, 3.63) is 23.9 Å². The third-order valence-electron chi connectivity index (χ3n) is 3.39. The van der Waals surface area contributed by atoms with Crippen molar-refractivity contribution in [2.24, 2.45) is 0 Å². The van der Waals surface area contributed by atoms with Crippen LogP contribution in [-0.2, 0) is 0 Å². The first-order chi connectivity index (χ1) is 9.15. The number of anilines is 1. The Morgan fingerprint density at radius 2 is 2.05 bits per heavy atom. The second kappa shape index (κ2) is 7.77. The summed E-state index contributed by atoms with van der Waals surface area (Å²) < 4.78 is 0. The molecule has 0 radical (unpaired) electrons. The zero-order valence-corrected chi connectivity index (χ0v) is 12.4. The number of pyridine rings is 1. The first-order valence-corrected chi connectivity index (χ1v) is 7.11. The smallest absolute Gasteiger partial charge is 0.257 e. The lowest BCUT2D eigenvalue weighted by Crippen LogP contribution is -2.36. The fraction of sp³-hybridized carbons (Fsp3) is 0.600. The minimum absolute atomic E-state index is 0.0420. The van der Waals surface area contributed by atoms with Gasteiger partial charge in [-0.2, -0.15) is 0 Å². The minimum atomic E-state index is 0.0420. The number of rotatable bonds is 7. The van der Waals surface area contributed by atoms with E-state index in [4.69, 9.17) is 0 Å². The van der Waals surface area contributed by atoms with E-state index in [1.54, 1.807) is 6.20 Å². The number of carbonyl (C=O) groups excluding carboxylic acids is 1. The van der Waals surface area contributed by atoms with Gasteiger partial charge in [0.25, 0.3) is 5.91 Å². The topological polar surface area (TPSA) is 45.2 Å². The molecule has 1 heterocycles. The maximum atomic E-state index is 12.5. The Hall–Kier alpha value is -1.58. The molecule has 0 saturated carbocycles. The minimum Gasteiger partial charge on any atom is -0.369 e. The average Bonchev–Trinajstić information content (AvgIpc) is 2.45. The highest BCUT2D eigenvalue weighted by molar-refractivity contribution is 5.98. The van der Waals surface area contributed by atoms with Crippen LogP contribution >= 0.6 is 0 Å². The average molecular weight is 263 g/mol. The number of aromatic nitrogens is 1. The number of nitrogens with zero attached hydrogens (tertiary/aromatic N) is 2. The van der Waals surface area contributed by atoms with Crippen molar-refractivity contribution in [2.45, 2.75) is 46.1 Å². The molecule has 0 aliphatic carbocycles. The molecule has 0 bridgehead atoms. The van der Waals surface area contributed by atoms with Gasteiger partial charge in [0, 0.05) is 25.8 Å². The van der Waals surface area contributed by atoms with E-state index in [1.807, 2.05) is 24.1 Å². The van der Waals surface area contributed by atoms with E-state index in [0.29, 0.717) is 11.4 Å². The SMILES string of the molecule is CCCNc1ncccc1C(=O)N(C)C(CC)CC. The lowest BCUT2D eigenvalue weighted by Gasteiger charge is -2.27. The van der Waals surface area contributed by atoms with Crippen LogP contribution in [0.5, 0.6) is 0 Å². The Labute approximate surface area is 116 Å². The first-order valence-electron chi connectivity index (χ1n) is 7.11. The second-order valence-corrected chi connectivity index (χ2v) is 4.71. The standard InChI is InChI=1S/C15H25N3O/c1-5-10-16-14-13(9-8-11-17-14)15(19)18(4)12(6-2)7-3/h8-9,11-12H,5-7,10H2,1-4H3,(H,16,17). The van der Waals surface area contributed by atoms with E-state index in [9.17, 15) is 4.79 Å². The fourth-order valence-electron chi connectivity index (χ4n) is 2.15. The van der Waals surface area contributed by atoms with E-state index in [0.717, 1.165) is 25.8 Å². The molecule has 0 unspecified atom stereocenters.